The molecular formula is C19H17FN2O3. The average Bonchev–Trinajstić information content (AvgIpc) is 2.82. The van der Waals surface area contributed by atoms with Crippen LogP contribution in [-0.2, 0) is 6.42 Å². The summed E-state index contributed by atoms with van der Waals surface area (Å²) < 4.78 is 19.6. The SMILES string of the molecule is N#CC(CO)Cc1cc(-c2ccc3c(c2)C(=O)NCCO3)ccc1F. The first-order valence-corrected chi connectivity index (χ1v) is 7.96. The van der Waals surface area contributed by atoms with Crippen LogP contribution in [0.5, 0.6) is 5.75 Å². The number of aliphatic hydroxyl groups is 1. The highest BCUT2D eigenvalue weighted by molar-refractivity contribution is 5.98. The van der Waals surface area contributed by atoms with Crippen molar-refractivity contribution in [3.63, 3.8) is 0 Å². The smallest absolute Gasteiger partial charge is 0.255 e. The highest BCUT2D eigenvalue weighted by atomic mass is 19.1. The zero-order chi connectivity index (χ0) is 17.8. The van der Waals surface area contributed by atoms with Crippen molar-refractivity contribution in [2.45, 2.75) is 6.42 Å². The molecule has 0 bridgehead atoms. The normalized spacial score (nSPS) is 14.5. The minimum atomic E-state index is -0.657. The van der Waals surface area contributed by atoms with Crippen LogP contribution in [0.1, 0.15) is 15.9 Å². The van der Waals surface area contributed by atoms with Crippen molar-refractivity contribution in [1.29, 1.82) is 5.26 Å². The largest absolute Gasteiger partial charge is 0.491 e. The molecule has 6 heteroatoms. The number of fused-ring (bicyclic) bond motifs is 1. The van der Waals surface area contributed by atoms with Crippen LogP contribution in [-0.4, -0.2) is 30.8 Å². The van der Waals surface area contributed by atoms with Crippen molar-refractivity contribution in [2.75, 3.05) is 19.8 Å². The molecule has 0 fully saturated rings. The topological polar surface area (TPSA) is 82.3 Å². The van der Waals surface area contributed by atoms with E-state index in [0.717, 1.165) is 11.1 Å². The summed E-state index contributed by atoms with van der Waals surface area (Å²) in [5.74, 6) is -0.767. The number of carbonyl (C=O) groups is 1. The Morgan fingerprint density at radius 1 is 1.28 bits per heavy atom. The van der Waals surface area contributed by atoms with Crippen molar-refractivity contribution in [1.82, 2.24) is 5.32 Å². The number of rotatable bonds is 4. The summed E-state index contributed by atoms with van der Waals surface area (Å²) >= 11 is 0. The lowest BCUT2D eigenvalue weighted by Crippen LogP contribution is -2.24. The first-order chi connectivity index (χ1) is 12.1. The van der Waals surface area contributed by atoms with Crippen LogP contribution in [0.2, 0.25) is 0 Å². The molecule has 25 heavy (non-hydrogen) atoms. The maximum atomic E-state index is 14.0. The van der Waals surface area contributed by atoms with Gasteiger partial charge < -0.3 is 15.2 Å². The van der Waals surface area contributed by atoms with Gasteiger partial charge in [-0.15, -0.1) is 0 Å². The molecule has 2 aromatic carbocycles. The number of carbonyl (C=O) groups excluding carboxylic acids is 1. The minimum absolute atomic E-state index is 0.126. The predicted octanol–water partition coefficient (Wildman–Crippen LogP) is 2.29. The summed E-state index contributed by atoms with van der Waals surface area (Å²) in [6, 6.07) is 11.8. The number of nitrogens with one attached hydrogen (secondary N) is 1. The fraction of sp³-hybridized carbons (Fsp3) is 0.263. The molecule has 0 radical (unpaired) electrons. The van der Waals surface area contributed by atoms with Gasteiger partial charge in [-0.1, -0.05) is 12.1 Å². The van der Waals surface area contributed by atoms with Gasteiger partial charge in [-0.2, -0.15) is 5.26 Å². The fourth-order valence-corrected chi connectivity index (χ4v) is 2.76. The lowest BCUT2D eigenvalue weighted by atomic mass is 9.95. The van der Waals surface area contributed by atoms with E-state index in [1.54, 1.807) is 24.3 Å². The highest BCUT2D eigenvalue weighted by Gasteiger charge is 2.18. The van der Waals surface area contributed by atoms with E-state index in [1.165, 1.54) is 6.07 Å². The Morgan fingerprint density at radius 2 is 2.04 bits per heavy atom. The van der Waals surface area contributed by atoms with Crippen LogP contribution in [0, 0.1) is 23.1 Å². The minimum Gasteiger partial charge on any atom is -0.491 e. The van der Waals surface area contributed by atoms with Gasteiger partial charge in [0.1, 0.15) is 18.2 Å². The standard InChI is InChI=1S/C19H17FN2O3/c20-17-3-1-13(8-15(17)7-12(10-21)11-23)14-2-4-18-16(9-14)19(24)22-5-6-25-18/h1-4,8-9,12,23H,5-7,11H2,(H,22,24). The van der Waals surface area contributed by atoms with Gasteiger partial charge in [0.25, 0.3) is 5.91 Å². The van der Waals surface area contributed by atoms with E-state index in [1.807, 2.05) is 12.1 Å². The summed E-state index contributed by atoms with van der Waals surface area (Å²) in [5.41, 5.74) is 2.27. The van der Waals surface area contributed by atoms with Gasteiger partial charge in [-0.25, -0.2) is 4.39 Å². The third kappa shape index (κ3) is 3.62. The molecule has 0 saturated heterocycles. The molecule has 1 amide bonds. The summed E-state index contributed by atoms with van der Waals surface area (Å²) in [7, 11) is 0. The first-order valence-electron chi connectivity index (χ1n) is 7.96. The zero-order valence-corrected chi connectivity index (χ0v) is 13.5. The Hall–Kier alpha value is -2.91. The number of nitrogens with zero attached hydrogens (tertiary/aromatic N) is 1. The second-order valence-electron chi connectivity index (χ2n) is 5.83. The van der Waals surface area contributed by atoms with E-state index >= 15 is 0 Å². The Morgan fingerprint density at radius 3 is 2.80 bits per heavy atom. The van der Waals surface area contributed by atoms with Crippen LogP contribution in [0.15, 0.2) is 36.4 Å². The third-order valence-corrected chi connectivity index (χ3v) is 4.12. The number of halogens is 1. The number of hydrogen-bond donors (Lipinski definition) is 2. The number of benzene rings is 2. The third-order valence-electron chi connectivity index (χ3n) is 4.12. The van der Waals surface area contributed by atoms with Crippen molar-refractivity contribution in [3.8, 4) is 22.9 Å². The molecule has 3 rings (SSSR count). The second-order valence-corrected chi connectivity index (χ2v) is 5.83. The van der Waals surface area contributed by atoms with Gasteiger partial charge >= 0.3 is 0 Å². The maximum absolute atomic E-state index is 14.0. The Kier molecular flexibility index (Phi) is 4.96. The molecule has 1 aliphatic heterocycles. The van der Waals surface area contributed by atoms with Crippen molar-refractivity contribution in [3.05, 3.63) is 53.3 Å². The highest BCUT2D eigenvalue weighted by Crippen LogP contribution is 2.29. The van der Waals surface area contributed by atoms with Gasteiger partial charge in [-0.05, 0) is 47.4 Å². The predicted molar refractivity (Wildman–Crippen MR) is 89.6 cm³/mol. The molecule has 1 atom stereocenters. The molecule has 0 aromatic heterocycles. The Balaban J connectivity index is 1.97. The van der Waals surface area contributed by atoms with E-state index in [4.69, 9.17) is 15.1 Å². The van der Waals surface area contributed by atoms with Gasteiger partial charge in [0.05, 0.1) is 30.7 Å². The number of nitriles is 1. The van der Waals surface area contributed by atoms with Crippen LogP contribution >= 0.6 is 0 Å². The van der Waals surface area contributed by atoms with Gasteiger partial charge in [0.15, 0.2) is 0 Å². The van der Waals surface area contributed by atoms with E-state index in [2.05, 4.69) is 5.32 Å². The van der Waals surface area contributed by atoms with Gasteiger partial charge in [0.2, 0.25) is 0 Å². The molecular weight excluding hydrogens is 323 g/mol. The van der Waals surface area contributed by atoms with Crippen molar-refractivity contribution < 1.29 is 19.0 Å². The zero-order valence-electron chi connectivity index (χ0n) is 13.5. The molecule has 2 N–H and O–H groups in total. The second kappa shape index (κ2) is 7.32. The Labute approximate surface area is 144 Å². The number of ether oxygens (including phenoxy) is 1. The van der Waals surface area contributed by atoms with Gasteiger partial charge in [0, 0.05) is 0 Å². The van der Waals surface area contributed by atoms with E-state index in [9.17, 15) is 9.18 Å². The summed E-state index contributed by atoms with van der Waals surface area (Å²) in [6.45, 7) is 0.534. The fourth-order valence-electron chi connectivity index (χ4n) is 2.76. The first kappa shape index (κ1) is 16.9. The lowest BCUT2D eigenvalue weighted by molar-refractivity contribution is 0.0957. The summed E-state index contributed by atoms with van der Waals surface area (Å²) in [5, 5.41) is 20.9. The van der Waals surface area contributed by atoms with Crippen molar-refractivity contribution >= 4 is 5.91 Å². The van der Waals surface area contributed by atoms with Crippen LogP contribution < -0.4 is 10.1 Å². The molecule has 0 spiro atoms. The van der Waals surface area contributed by atoms with Crippen LogP contribution in [0.3, 0.4) is 0 Å². The monoisotopic (exact) mass is 340 g/mol. The quantitative estimate of drug-likeness (QED) is 0.895. The van der Waals surface area contributed by atoms with E-state index in [-0.39, 0.29) is 18.9 Å². The summed E-state index contributed by atoms with van der Waals surface area (Å²) in [4.78, 5) is 12.1. The molecule has 1 heterocycles. The number of amides is 1. The van der Waals surface area contributed by atoms with Gasteiger partial charge in [-0.3, -0.25) is 4.79 Å². The Bertz CT molecular complexity index is 845. The molecule has 2 aromatic rings. The van der Waals surface area contributed by atoms with E-state index in [0.29, 0.717) is 30.0 Å². The molecule has 128 valence electrons. The van der Waals surface area contributed by atoms with Crippen molar-refractivity contribution in [2.24, 2.45) is 5.92 Å². The average molecular weight is 340 g/mol. The molecule has 5 nitrogen and oxygen atoms in total. The van der Waals surface area contributed by atoms with Crippen LogP contribution in [0.4, 0.5) is 4.39 Å². The molecule has 0 aliphatic carbocycles. The molecule has 1 unspecified atom stereocenters. The lowest BCUT2D eigenvalue weighted by Gasteiger charge is -2.11. The maximum Gasteiger partial charge on any atom is 0.255 e. The van der Waals surface area contributed by atoms with Crippen LogP contribution in [0.25, 0.3) is 11.1 Å². The molecule has 0 saturated carbocycles. The number of hydrogen-bond acceptors (Lipinski definition) is 4. The number of aliphatic hydroxyl groups excluding tert-OH is 1. The summed E-state index contributed by atoms with van der Waals surface area (Å²) in [6.07, 6.45) is 0.126. The molecule has 1 aliphatic rings. The van der Waals surface area contributed by atoms with E-state index < -0.39 is 11.7 Å².